The SMILES string of the molecule is CCOc1ccc2c(c1)c1nc(Cl)nc(N3CCC(CP(=O)(O)O)CC3)c1n2Cc1ccc(OC)cc1. The molecule has 0 bridgehead atoms. The van der Waals surface area contributed by atoms with E-state index in [4.69, 9.17) is 21.1 Å². The molecule has 0 amide bonds. The Morgan fingerprint density at radius 2 is 1.78 bits per heavy atom. The molecule has 4 aromatic rings. The van der Waals surface area contributed by atoms with Crippen LogP contribution in [0.2, 0.25) is 5.28 Å². The van der Waals surface area contributed by atoms with E-state index in [1.165, 1.54) is 0 Å². The molecule has 3 heterocycles. The molecule has 196 valence electrons. The van der Waals surface area contributed by atoms with E-state index in [0.29, 0.717) is 39.1 Å². The quantitative estimate of drug-likeness (QED) is 0.233. The molecule has 37 heavy (non-hydrogen) atoms. The van der Waals surface area contributed by atoms with Gasteiger partial charge in [0, 0.05) is 25.0 Å². The van der Waals surface area contributed by atoms with Crippen molar-refractivity contribution in [2.45, 2.75) is 26.3 Å². The van der Waals surface area contributed by atoms with Crippen molar-refractivity contribution < 1.29 is 23.8 Å². The summed E-state index contributed by atoms with van der Waals surface area (Å²) in [5, 5.41) is 1.08. The van der Waals surface area contributed by atoms with Crippen molar-refractivity contribution in [2.24, 2.45) is 5.92 Å². The van der Waals surface area contributed by atoms with Gasteiger partial charge in [-0.25, -0.2) is 4.98 Å². The Morgan fingerprint density at radius 3 is 2.43 bits per heavy atom. The maximum absolute atomic E-state index is 11.5. The number of aromatic nitrogens is 3. The number of hydrogen-bond acceptors (Lipinski definition) is 6. The standard InChI is InChI=1S/C26H30ClN4O5P/c1-3-36-20-8-9-22-21(14-20)23-24(31(22)15-17-4-6-19(35-2)7-5-17)25(29-26(27)28-23)30-12-10-18(11-13-30)16-37(32,33)34/h4-9,14,18H,3,10-13,15-16H2,1-2H3,(H2,32,33,34). The molecule has 5 rings (SSSR count). The smallest absolute Gasteiger partial charge is 0.325 e. The third kappa shape index (κ3) is 5.55. The maximum atomic E-state index is 11.5. The Bertz CT molecular complexity index is 1460. The van der Waals surface area contributed by atoms with Gasteiger partial charge < -0.3 is 28.7 Å². The Kier molecular flexibility index (Phi) is 7.32. The van der Waals surface area contributed by atoms with E-state index in [1.54, 1.807) is 7.11 Å². The highest BCUT2D eigenvalue weighted by molar-refractivity contribution is 7.51. The van der Waals surface area contributed by atoms with Crippen molar-refractivity contribution in [3.05, 3.63) is 53.3 Å². The molecule has 0 atom stereocenters. The molecule has 2 N–H and O–H groups in total. The topological polar surface area (TPSA) is 110 Å². The van der Waals surface area contributed by atoms with E-state index in [0.717, 1.165) is 44.8 Å². The number of nitrogens with zero attached hydrogens (tertiary/aromatic N) is 4. The first-order valence-electron chi connectivity index (χ1n) is 12.3. The summed E-state index contributed by atoms with van der Waals surface area (Å²) in [7, 11) is -2.40. The number of methoxy groups -OCH3 is 1. The number of halogens is 1. The second kappa shape index (κ2) is 10.5. The molecule has 0 aliphatic carbocycles. The van der Waals surface area contributed by atoms with Gasteiger partial charge in [-0.1, -0.05) is 12.1 Å². The second-order valence-corrected chi connectivity index (χ2v) is 11.4. The second-order valence-electron chi connectivity index (χ2n) is 9.34. The highest BCUT2D eigenvalue weighted by Crippen LogP contribution is 2.41. The van der Waals surface area contributed by atoms with Gasteiger partial charge in [0.2, 0.25) is 5.28 Å². The highest BCUT2D eigenvalue weighted by Gasteiger charge is 2.29. The van der Waals surface area contributed by atoms with E-state index < -0.39 is 7.60 Å². The Labute approximate surface area is 220 Å². The highest BCUT2D eigenvalue weighted by atomic mass is 35.5. The average molecular weight is 545 g/mol. The molecule has 9 nitrogen and oxygen atoms in total. The van der Waals surface area contributed by atoms with Gasteiger partial charge in [-0.2, -0.15) is 4.98 Å². The molecular weight excluding hydrogens is 515 g/mol. The van der Waals surface area contributed by atoms with Gasteiger partial charge in [0.05, 0.1) is 25.4 Å². The Morgan fingerprint density at radius 1 is 1.08 bits per heavy atom. The predicted molar refractivity (Wildman–Crippen MR) is 145 cm³/mol. The zero-order valence-electron chi connectivity index (χ0n) is 20.8. The van der Waals surface area contributed by atoms with E-state index in [2.05, 4.69) is 19.4 Å². The summed E-state index contributed by atoms with van der Waals surface area (Å²) in [5.74, 6) is 2.26. The number of fused-ring (bicyclic) bond motifs is 3. The third-order valence-electron chi connectivity index (χ3n) is 6.84. The van der Waals surface area contributed by atoms with Crippen molar-refractivity contribution >= 4 is 47.0 Å². The van der Waals surface area contributed by atoms with E-state index in [-0.39, 0.29) is 17.4 Å². The summed E-state index contributed by atoms with van der Waals surface area (Å²) in [6.07, 6.45) is 1.25. The first-order chi connectivity index (χ1) is 17.8. The van der Waals surface area contributed by atoms with E-state index in [1.807, 2.05) is 49.4 Å². The molecule has 0 unspecified atom stereocenters. The molecule has 1 saturated heterocycles. The van der Waals surface area contributed by atoms with E-state index in [9.17, 15) is 14.4 Å². The van der Waals surface area contributed by atoms with Gasteiger partial charge in [-0.3, -0.25) is 4.57 Å². The minimum absolute atomic E-state index is 0.0243. The summed E-state index contributed by atoms with van der Waals surface area (Å²) in [4.78, 5) is 30.3. The molecule has 0 radical (unpaired) electrons. The molecule has 1 aliphatic heterocycles. The number of ether oxygens (including phenoxy) is 2. The van der Waals surface area contributed by atoms with Crippen LogP contribution in [0.4, 0.5) is 5.82 Å². The number of rotatable bonds is 8. The fourth-order valence-electron chi connectivity index (χ4n) is 5.13. The zero-order chi connectivity index (χ0) is 26.2. The van der Waals surface area contributed by atoms with Crippen LogP contribution < -0.4 is 14.4 Å². The van der Waals surface area contributed by atoms with Gasteiger partial charge in [0.15, 0.2) is 5.82 Å². The van der Waals surface area contributed by atoms with Crippen molar-refractivity contribution in [1.29, 1.82) is 0 Å². The minimum atomic E-state index is -4.05. The largest absolute Gasteiger partial charge is 0.497 e. The van der Waals surface area contributed by atoms with Crippen LogP contribution in [0, 0.1) is 5.92 Å². The predicted octanol–water partition coefficient (Wildman–Crippen LogP) is 5.09. The van der Waals surface area contributed by atoms with Crippen molar-refractivity contribution in [3.8, 4) is 11.5 Å². The first kappa shape index (κ1) is 25.8. The van der Waals surface area contributed by atoms with Gasteiger partial charge >= 0.3 is 7.60 Å². The van der Waals surface area contributed by atoms with Crippen LogP contribution in [0.1, 0.15) is 25.3 Å². The number of anilines is 1. The molecule has 1 aliphatic rings. The van der Waals surface area contributed by atoms with Crippen LogP contribution in [0.25, 0.3) is 21.9 Å². The molecule has 0 saturated carbocycles. The summed E-state index contributed by atoms with van der Waals surface area (Å²) in [5.41, 5.74) is 3.70. The molecule has 11 heteroatoms. The lowest BCUT2D eigenvalue weighted by Crippen LogP contribution is -2.35. The summed E-state index contributed by atoms with van der Waals surface area (Å²) < 4.78 is 24.8. The first-order valence-corrected chi connectivity index (χ1v) is 14.5. The fraction of sp³-hybridized carbons (Fsp3) is 0.385. The van der Waals surface area contributed by atoms with Crippen LogP contribution >= 0.6 is 19.2 Å². The number of hydrogen-bond donors (Lipinski definition) is 2. The molecule has 2 aromatic carbocycles. The minimum Gasteiger partial charge on any atom is -0.497 e. The summed E-state index contributed by atoms with van der Waals surface area (Å²) in [6, 6.07) is 13.9. The number of benzene rings is 2. The summed E-state index contributed by atoms with van der Waals surface area (Å²) >= 11 is 6.46. The monoisotopic (exact) mass is 544 g/mol. The van der Waals surface area contributed by atoms with Crippen LogP contribution in [0.3, 0.4) is 0 Å². The Balaban J connectivity index is 1.61. The van der Waals surface area contributed by atoms with Crippen LogP contribution in [-0.2, 0) is 11.1 Å². The lowest BCUT2D eigenvalue weighted by Gasteiger charge is -2.33. The maximum Gasteiger partial charge on any atom is 0.325 e. The Hall–Kier alpha value is -2.84. The summed E-state index contributed by atoms with van der Waals surface area (Å²) in [6.45, 7) is 4.35. The van der Waals surface area contributed by atoms with Crippen LogP contribution in [-0.4, -0.2) is 57.3 Å². The molecule has 2 aromatic heterocycles. The molecular formula is C26H30ClN4O5P. The van der Waals surface area contributed by atoms with Gasteiger partial charge in [-0.05, 0) is 73.2 Å². The van der Waals surface area contributed by atoms with Crippen LogP contribution in [0.5, 0.6) is 11.5 Å². The van der Waals surface area contributed by atoms with Crippen molar-refractivity contribution in [1.82, 2.24) is 14.5 Å². The fourth-order valence-corrected chi connectivity index (χ4v) is 6.33. The van der Waals surface area contributed by atoms with E-state index >= 15 is 0 Å². The lowest BCUT2D eigenvalue weighted by molar-refractivity contribution is 0.340. The lowest BCUT2D eigenvalue weighted by atomic mass is 9.99. The zero-order valence-corrected chi connectivity index (χ0v) is 22.5. The average Bonchev–Trinajstić information content (AvgIpc) is 3.16. The number of piperidine rings is 1. The molecule has 0 spiro atoms. The van der Waals surface area contributed by atoms with Gasteiger partial charge in [0.1, 0.15) is 22.5 Å². The van der Waals surface area contributed by atoms with Crippen molar-refractivity contribution in [2.75, 3.05) is 37.9 Å². The normalized spacial score (nSPS) is 15.0. The van der Waals surface area contributed by atoms with Gasteiger partial charge in [-0.15, -0.1) is 0 Å². The third-order valence-corrected chi connectivity index (χ3v) is 8.00. The van der Waals surface area contributed by atoms with Crippen LogP contribution in [0.15, 0.2) is 42.5 Å². The molecule has 1 fully saturated rings. The van der Waals surface area contributed by atoms with Gasteiger partial charge in [0.25, 0.3) is 0 Å². The van der Waals surface area contributed by atoms with Crippen molar-refractivity contribution in [3.63, 3.8) is 0 Å².